The molecule has 7 nitrogen and oxygen atoms in total. The average molecular weight is 315 g/mol. The highest BCUT2D eigenvalue weighted by molar-refractivity contribution is 6.35. The van der Waals surface area contributed by atoms with Crippen LogP contribution in [0.3, 0.4) is 0 Å². The molecule has 1 rings (SSSR count). The van der Waals surface area contributed by atoms with E-state index in [1.54, 1.807) is 6.92 Å². The van der Waals surface area contributed by atoms with Crippen LogP contribution in [0.2, 0.25) is 5.02 Å². The monoisotopic (exact) mass is 314 g/mol. The number of benzene rings is 1. The second-order valence-corrected chi connectivity index (χ2v) is 4.56. The minimum absolute atomic E-state index is 0.0252. The summed E-state index contributed by atoms with van der Waals surface area (Å²) < 4.78 is 4.76. The van der Waals surface area contributed by atoms with Gasteiger partial charge in [0.1, 0.15) is 5.02 Å². The van der Waals surface area contributed by atoms with Gasteiger partial charge in [0.15, 0.2) is 0 Å². The summed E-state index contributed by atoms with van der Waals surface area (Å²) in [5.74, 6) is -0.907. The zero-order chi connectivity index (χ0) is 16.0. The smallest absolute Gasteiger partial charge is 0.307 e. The highest BCUT2D eigenvalue weighted by Crippen LogP contribution is 2.28. The number of halogens is 1. The lowest BCUT2D eigenvalue weighted by Crippen LogP contribution is -2.29. The zero-order valence-corrected chi connectivity index (χ0v) is 12.4. The molecule has 0 fully saturated rings. The summed E-state index contributed by atoms with van der Waals surface area (Å²) in [6.45, 7) is 2.10. The van der Waals surface area contributed by atoms with Gasteiger partial charge >= 0.3 is 5.97 Å². The topological polar surface area (TPSA) is 89.8 Å². The van der Waals surface area contributed by atoms with E-state index in [-0.39, 0.29) is 35.8 Å². The van der Waals surface area contributed by atoms with Gasteiger partial charge in [0.25, 0.3) is 11.6 Å². The van der Waals surface area contributed by atoms with Gasteiger partial charge in [-0.2, -0.15) is 0 Å². The van der Waals surface area contributed by atoms with Gasteiger partial charge in [-0.1, -0.05) is 17.7 Å². The molecule has 0 heterocycles. The van der Waals surface area contributed by atoms with Crippen molar-refractivity contribution < 1.29 is 19.2 Å². The lowest BCUT2D eigenvalue weighted by Gasteiger charge is -2.17. The van der Waals surface area contributed by atoms with Crippen molar-refractivity contribution >= 4 is 29.2 Å². The van der Waals surface area contributed by atoms with Crippen molar-refractivity contribution in [1.29, 1.82) is 0 Å². The third-order valence-electron chi connectivity index (χ3n) is 2.71. The van der Waals surface area contributed by atoms with Crippen LogP contribution < -0.4 is 0 Å². The molecule has 0 saturated heterocycles. The van der Waals surface area contributed by atoms with E-state index >= 15 is 0 Å². The molecule has 1 aromatic carbocycles. The van der Waals surface area contributed by atoms with Crippen molar-refractivity contribution in [2.45, 2.75) is 13.3 Å². The molecule has 0 spiro atoms. The highest BCUT2D eigenvalue weighted by atomic mass is 35.5. The third-order valence-corrected chi connectivity index (χ3v) is 3.11. The Morgan fingerprint density at radius 3 is 2.67 bits per heavy atom. The van der Waals surface area contributed by atoms with Gasteiger partial charge in [0, 0.05) is 19.7 Å². The Morgan fingerprint density at radius 2 is 2.10 bits per heavy atom. The minimum atomic E-state index is -0.655. The molecule has 114 valence electrons. The number of carbonyl (C=O) groups excluding carboxylic acids is 2. The lowest BCUT2D eigenvalue weighted by atomic mass is 10.1. The van der Waals surface area contributed by atoms with Crippen LogP contribution in [-0.4, -0.2) is 41.9 Å². The molecule has 0 radical (unpaired) electrons. The third kappa shape index (κ3) is 4.42. The van der Waals surface area contributed by atoms with Crippen molar-refractivity contribution in [3.8, 4) is 0 Å². The average Bonchev–Trinajstić information content (AvgIpc) is 2.44. The molecule has 1 amide bonds. The Labute approximate surface area is 126 Å². The molecule has 0 aliphatic heterocycles. The Bertz CT molecular complexity index is 561. The molecule has 21 heavy (non-hydrogen) atoms. The molecule has 0 unspecified atom stereocenters. The van der Waals surface area contributed by atoms with Gasteiger partial charge in [-0.25, -0.2) is 0 Å². The van der Waals surface area contributed by atoms with Crippen molar-refractivity contribution in [2.24, 2.45) is 0 Å². The summed E-state index contributed by atoms with van der Waals surface area (Å²) in [4.78, 5) is 34.8. The number of nitrogens with zero attached hydrogens (tertiary/aromatic N) is 2. The lowest BCUT2D eigenvalue weighted by molar-refractivity contribution is -0.384. The molecule has 0 aliphatic carbocycles. The summed E-state index contributed by atoms with van der Waals surface area (Å²) in [6, 6.07) is 4.01. The summed E-state index contributed by atoms with van der Waals surface area (Å²) in [5, 5.41) is 10.6. The maximum absolute atomic E-state index is 12.2. The number of carbonyl (C=O) groups is 2. The first-order chi connectivity index (χ1) is 9.88. The van der Waals surface area contributed by atoms with Gasteiger partial charge < -0.3 is 9.64 Å². The SMILES string of the molecule is CCOC(=O)CCN(C)C(=O)c1cccc([N+](=O)[O-])c1Cl. The molecular weight excluding hydrogens is 300 g/mol. The summed E-state index contributed by atoms with van der Waals surface area (Å²) >= 11 is 5.87. The molecule has 0 N–H and O–H groups in total. The molecule has 0 aliphatic rings. The largest absolute Gasteiger partial charge is 0.466 e. The first kappa shape index (κ1) is 16.9. The standard InChI is InChI=1S/C13H15ClN2O5/c1-3-21-11(17)7-8-15(2)13(18)9-5-4-6-10(12(9)14)16(19)20/h4-6H,3,7-8H2,1-2H3. The Kier molecular flexibility index (Phi) is 6.10. The van der Waals surface area contributed by atoms with Gasteiger partial charge in [0.05, 0.1) is 23.5 Å². The van der Waals surface area contributed by atoms with E-state index in [1.807, 2.05) is 0 Å². The number of ether oxygens (including phenoxy) is 1. The Morgan fingerprint density at radius 1 is 1.43 bits per heavy atom. The van der Waals surface area contributed by atoms with E-state index < -0.39 is 16.8 Å². The fraction of sp³-hybridized carbons (Fsp3) is 0.385. The summed E-state index contributed by atoms with van der Waals surface area (Å²) in [7, 11) is 1.48. The van der Waals surface area contributed by atoms with E-state index in [9.17, 15) is 19.7 Å². The van der Waals surface area contributed by atoms with Crippen LogP contribution in [0.4, 0.5) is 5.69 Å². The minimum Gasteiger partial charge on any atom is -0.466 e. The Hall–Kier alpha value is -2.15. The second kappa shape index (κ2) is 7.58. The fourth-order valence-corrected chi connectivity index (χ4v) is 1.90. The molecule has 0 aromatic heterocycles. The quantitative estimate of drug-likeness (QED) is 0.456. The maximum Gasteiger partial charge on any atom is 0.307 e. The van der Waals surface area contributed by atoms with Crippen LogP contribution in [0.5, 0.6) is 0 Å². The van der Waals surface area contributed by atoms with E-state index in [0.29, 0.717) is 0 Å². The first-order valence-electron chi connectivity index (χ1n) is 6.22. The first-order valence-corrected chi connectivity index (χ1v) is 6.60. The number of nitro groups is 1. The summed E-state index contributed by atoms with van der Waals surface area (Å²) in [6.07, 6.45) is 0.0443. The van der Waals surface area contributed by atoms with Gasteiger partial charge in [0.2, 0.25) is 0 Å². The van der Waals surface area contributed by atoms with Gasteiger partial charge in [-0.15, -0.1) is 0 Å². The number of nitro benzene ring substituents is 1. The van der Waals surface area contributed by atoms with E-state index in [1.165, 1.54) is 30.1 Å². The van der Waals surface area contributed by atoms with Crippen molar-refractivity contribution in [2.75, 3.05) is 20.2 Å². The maximum atomic E-state index is 12.2. The van der Waals surface area contributed by atoms with Crippen LogP contribution >= 0.6 is 11.6 Å². The molecule has 8 heteroatoms. The van der Waals surface area contributed by atoms with Crippen LogP contribution in [0.25, 0.3) is 0 Å². The molecule has 1 aromatic rings. The normalized spacial score (nSPS) is 10.0. The highest BCUT2D eigenvalue weighted by Gasteiger charge is 2.22. The zero-order valence-electron chi connectivity index (χ0n) is 11.7. The van der Waals surface area contributed by atoms with Crippen LogP contribution in [0.15, 0.2) is 18.2 Å². The number of amides is 1. The number of rotatable bonds is 6. The number of hydrogen-bond donors (Lipinski definition) is 0. The van der Waals surface area contributed by atoms with Crippen LogP contribution in [-0.2, 0) is 9.53 Å². The fourth-order valence-electron chi connectivity index (χ4n) is 1.63. The van der Waals surface area contributed by atoms with E-state index in [0.717, 1.165) is 0 Å². The van der Waals surface area contributed by atoms with Gasteiger partial charge in [-0.3, -0.25) is 19.7 Å². The molecular formula is C13H15ClN2O5. The second-order valence-electron chi connectivity index (χ2n) is 4.18. The van der Waals surface area contributed by atoms with E-state index in [2.05, 4.69) is 0 Å². The van der Waals surface area contributed by atoms with Crippen molar-refractivity contribution in [3.05, 3.63) is 38.9 Å². The number of hydrogen-bond acceptors (Lipinski definition) is 5. The van der Waals surface area contributed by atoms with Crippen molar-refractivity contribution in [1.82, 2.24) is 4.90 Å². The van der Waals surface area contributed by atoms with Crippen LogP contribution in [0.1, 0.15) is 23.7 Å². The molecule has 0 atom stereocenters. The summed E-state index contributed by atoms with van der Waals surface area (Å²) in [5.41, 5.74) is -0.307. The molecule has 0 bridgehead atoms. The van der Waals surface area contributed by atoms with Gasteiger partial charge in [-0.05, 0) is 13.0 Å². The Balaban J connectivity index is 2.81. The predicted molar refractivity (Wildman–Crippen MR) is 76.3 cm³/mol. The van der Waals surface area contributed by atoms with E-state index in [4.69, 9.17) is 16.3 Å². The van der Waals surface area contributed by atoms with Crippen LogP contribution in [0, 0.1) is 10.1 Å². The number of esters is 1. The predicted octanol–water partition coefficient (Wildman–Crippen LogP) is 2.27. The molecule has 0 saturated carbocycles. The van der Waals surface area contributed by atoms with Crippen molar-refractivity contribution in [3.63, 3.8) is 0 Å².